The van der Waals surface area contributed by atoms with Crippen LogP contribution in [0.4, 0.5) is 13.2 Å². The molecule has 2 N–H and O–H groups in total. The van der Waals surface area contributed by atoms with E-state index in [-0.39, 0.29) is 23.1 Å². The Balaban J connectivity index is 2.11. The van der Waals surface area contributed by atoms with E-state index >= 15 is 0 Å². The fourth-order valence-corrected chi connectivity index (χ4v) is 2.92. The summed E-state index contributed by atoms with van der Waals surface area (Å²) in [5, 5.41) is 9.42. The molecule has 0 fully saturated rings. The molecule has 27 heavy (non-hydrogen) atoms. The summed E-state index contributed by atoms with van der Waals surface area (Å²) >= 11 is 0. The normalized spacial score (nSPS) is 11.6. The van der Waals surface area contributed by atoms with Crippen molar-refractivity contribution in [3.05, 3.63) is 81.3 Å². The second-order valence-electron chi connectivity index (χ2n) is 6.15. The van der Waals surface area contributed by atoms with Gasteiger partial charge in [-0.3, -0.25) is 14.8 Å². The lowest BCUT2D eigenvalue weighted by Gasteiger charge is -2.15. The van der Waals surface area contributed by atoms with Crippen LogP contribution in [0.5, 0.6) is 0 Å². The zero-order valence-corrected chi connectivity index (χ0v) is 14.2. The zero-order valence-electron chi connectivity index (χ0n) is 14.2. The molecule has 0 bridgehead atoms. The van der Waals surface area contributed by atoms with Gasteiger partial charge in [0, 0.05) is 17.1 Å². The Morgan fingerprint density at radius 1 is 1.15 bits per heavy atom. The summed E-state index contributed by atoms with van der Waals surface area (Å²) in [7, 11) is 0. The molecule has 3 aromatic rings. The molecule has 2 aromatic carbocycles. The van der Waals surface area contributed by atoms with Gasteiger partial charge in [-0.1, -0.05) is 23.8 Å². The van der Waals surface area contributed by atoms with E-state index < -0.39 is 23.2 Å². The number of hydrogen-bond acceptors (Lipinski definition) is 3. The Bertz CT molecular complexity index is 1090. The number of pyridine rings is 1. The van der Waals surface area contributed by atoms with Gasteiger partial charge in [-0.15, -0.1) is 0 Å². The maximum absolute atomic E-state index is 13.3. The second-order valence-corrected chi connectivity index (χ2v) is 6.15. The van der Waals surface area contributed by atoms with Crippen LogP contribution in [0, 0.1) is 6.92 Å². The molecule has 0 aliphatic heterocycles. The molecule has 8 heteroatoms. The molecule has 0 saturated carbocycles. The fourth-order valence-electron chi connectivity index (χ4n) is 2.92. The zero-order chi connectivity index (χ0) is 19.8. The Morgan fingerprint density at radius 3 is 2.56 bits per heavy atom. The van der Waals surface area contributed by atoms with Crippen molar-refractivity contribution in [3.8, 4) is 0 Å². The van der Waals surface area contributed by atoms with Gasteiger partial charge in [0.1, 0.15) is 0 Å². The molecule has 0 atom stereocenters. The van der Waals surface area contributed by atoms with Crippen molar-refractivity contribution in [2.75, 3.05) is 0 Å². The van der Waals surface area contributed by atoms with E-state index in [4.69, 9.17) is 5.21 Å². The number of aromatic nitrogens is 1. The molecule has 0 unspecified atom stereocenters. The van der Waals surface area contributed by atoms with Crippen molar-refractivity contribution in [1.82, 2.24) is 10.0 Å². The minimum Gasteiger partial charge on any atom is -0.311 e. The molecular weight excluding hydrogens is 361 g/mol. The van der Waals surface area contributed by atoms with Crippen molar-refractivity contribution in [2.24, 2.45) is 0 Å². The first-order chi connectivity index (χ1) is 12.7. The Labute approximate surface area is 151 Å². The Hall–Kier alpha value is -3.13. The molecule has 0 aliphatic carbocycles. The number of nitrogens with one attached hydrogen (secondary N) is 1. The lowest BCUT2D eigenvalue weighted by Crippen LogP contribution is -2.23. The number of aryl methyl sites for hydroxylation is 1. The number of benzene rings is 2. The third kappa shape index (κ3) is 3.70. The molecule has 0 spiro atoms. The van der Waals surface area contributed by atoms with Crippen molar-refractivity contribution in [3.63, 3.8) is 0 Å². The smallest absolute Gasteiger partial charge is 0.311 e. The van der Waals surface area contributed by atoms with Crippen molar-refractivity contribution >= 4 is 16.7 Å². The summed E-state index contributed by atoms with van der Waals surface area (Å²) in [6, 6.07) is 9.60. The van der Waals surface area contributed by atoms with Crippen LogP contribution >= 0.6 is 0 Å². The summed E-state index contributed by atoms with van der Waals surface area (Å²) in [6.45, 7) is 1.41. The van der Waals surface area contributed by atoms with Crippen LogP contribution in [0.25, 0.3) is 10.8 Å². The van der Waals surface area contributed by atoms with Gasteiger partial charge in [-0.05, 0) is 42.1 Å². The molecule has 0 saturated heterocycles. The van der Waals surface area contributed by atoms with Crippen LogP contribution in [0.15, 0.2) is 53.5 Å². The molecule has 3 rings (SSSR count). The van der Waals surface area contributed by atoms with E-state index in [1.54, 1.807) is 13.0 Å². The maximum Gasteiger partial charge on any atom is 0.416 e. The van der Waals surface area contributed by atoms with Crippen LogP contribution in [0.3, 0.4) is 0 Å². The number of alkyl halides is 3. The number of hydrogen-bond donors (Lipinski definition) is 2. The molecule has 1 amide bonds. The Kier molecular flexibility index (Phi) is 4.75. The number of hydroxylamine groups is 1. The first-order valence-corrected chi connectivity index (χ1v) is 7.95. The second kappa shape index (κ2) is 6.88. The lowest BCUT2D eigenvalue weighted by atomic mass is 10.0. The molecule has 0 radical (unpaired) electrons. The van der Waals surface area contributed by atoms with E-state index in [1.807, 2.05) is 0 Å². The van der Waals surface area contributed by atoms with Gasteiger partial charge in [0.2, 0.25) is 0 Å². The largest absolute Gasteiger partial charge is 0.416 e. The number of rotatable bonds is 3. The number of amides is 1. The van der Waals surface area contributed by atoms with Crippen molar-refractivity contribution in [1.29, 1.82) is 0 Å². The summed E-state index contributed by atoms with van der Waals surface area (Å²) in [5.41, 5.74) is 0.835. The highest BCUT2D eigenvalue weighted by Crippen LogP contribution is 2.32. The van der Waals surface area contributed by atoms with E-state index in [0.717, 1.165) is 10.6 Å². The van der Waals surface area contributed by atoms with Gasteiger partial charge in [0.05, 0.1) is 12.1 Å². The van der Waals surface area contributed by atoms with E-state index in [1.165, 1.54) is 42.0 Å². The number of nitrogens with zero attached hydrogens (tertiary/aromatic N) is 1. The lowest BCUT2D eigenvalue weighted by molar-refractivity contribution is -0.138. The van der Waals surface area contributed by atoms with Gasteiger partial charge < -0.3 is 4.57 Å². The quantitative estimate of drug-likeness (QED) is 0.543. The van der Waals surface area contributed by atoms with E-state index in [0.29, 0.717) is 10.9 Å². The molecule has 0 aliphatic rings. The summed E-state index contributed by atoms with van der Waals surface area (Å²) in [6.07, 6.45) is -3.12. The van der Waals surface area contributed by atoms with Crippen LogP contribution in [0.2, 0.25) is 0 Å². The average molecular weight is 376 g/mol. The minimum absolute atomic E-state index is 0.0202. The highest BCUT2D eigenvalue weighted by molar-refractivity contribution is 5.97. The Morgan fingerprint density at radius 2 is 1.89 bits per heavy atom. The number of halogens is 3. The number of fused-ring (bicyclic) bond motifs is 1. The van der Waals surface area contributed by atoms with Crippen LogP contribution in [-0.4, -0.2) is 15.7 Å². The van der Waals surface area contributed by atoms with Crippen molar-refractivity contribution < 1.29 is 23.2 Å². The SMILES string of the molecule is Cc1ccc(C(F)(F)F)c(Cn2ccc3ccc(C(=O)NO)cc3c2=O)c1. The van der Waals surface area contributed by atoms with Gasteiger partial charge in [-0.2, -0.15) is 13.2 Å². The monoisotopic (exact) mass is 376 g/mol. The first-order valence-electron chi connectivity index (χ1n) is 7.95. The minimum atomic E-state index is -4.53. The molecule has 1 aromatic heterocycles. The van der Waals surface area contributed by atoms with E-state index in [2.05, 4.69) is 0 Å². The number of carbonyl (C=O) groups excluding carboxylic acids is 1. The van der Waals surface area contributed by atoms with Crippen LogP contribution < -0.4 is 11.0 Å². The summed E-state index contributed by atoms with van der Waals surface area (Å²) in [4.78, 5) is 24.3. The van der Waals surface area contributed by atoms with Gasteiger partial charge in [-0.25, -0.2) is 5.48 Å². The molecule has 5 nitrogen and oxygen atoms in total. The topological polar surface area (TPSA) is 71.3 Å². The third-order valence-electron chi connectivity index (χ3n) is 4.25. The van der Waals surface area contributed by atoms with Crippen LogP contribution in [0.1, 0.15) is 27.0 Å². The fraction of sp³-hybridized carbons (Fsp3) is 0.158. The molecular formula is C19H15F3N2O3. The number of carbonyl (C=O) groups is 1. The molecule has 1 heterocycles. The van der Waals surface area contributed by atoms with Gasteiger partial charge in [0.15, 0.2) is 0 Å². The predicted molar refractivity (Wildman–Crippen MR) is 92.7 cm³/mol. The first kappa shape index (κ1) is 18.7. The average Bonchev–Trinajstić information content (AvgIpc) is 2.62. The standard InChI is InChI=1S/C19H15F3N2O3/c1-11-2-5-16(19(20,21)22)14(8-11)10-24-7-6-12-3-4-13(17(25)23-27)9-15(12)18(24)26/h2-9,27H,10H2,1H3,(H,23,25). The van der Waals surface area contributed by atoms with Crippen molar-refractivity contribution in [2.45, 2.75) is 19.6 Å². The highest BCUT2D eigenvalue weighted by atomic mass is 19.4. The maximum atomic E-state index is 13.3. The highest BCUT2D eigenvalue weighted by Gasteiger charge is 2.33. The van der Waals surface area contributed by atoms with E-state index in [9.17, 15) is 22.8 Å². The van der Waals surface area contributed by atoms with Gasteiger partial charge >= 0.3 is 6.18 Å². The van der Waals surface area contributed by atoms with Gasteiger partial charge in [0.25, 0.3) is 11.5 Å². The molecule has 140 valence electrons. The summed E-state index contributed by atoms with van der Waals surface area (Å²) in [5.74, 6) is -0.787. The predicted octanol–water partition coefficient (Wildman–Crippen LogP) is 3.50. The van der Waals surface area contributed by atoms with Crippen LogP contribution in [-0.2, 0) is 12.7 Å². The third-order valence-corrected chi connectivity index (χ3v) is 4.25. The summed E-state index contributed by atoms with van der Waals surface area (Å²) < 4.78 is 40.9.